The number of methoxy groups -OCH3 is 2. The summed E-state index contributed by atoms with van der Waals surface area (Å²) in [7, 11) is 3.21. The Morgan fingerprint density at radius 1 is 1.05 bits per heavy atom. The Kier molecular flexibility index (Phi) is 9.25. The number of thiazole rings is 1. The van der Waals surface area contributed by atoms with Crippen molar-refractivity contribution in [3.63, 3.8) is 0 Å². The lowest BCUT2D eigenvalue weighted by molar-refractivity contribution is -0.139. The normalized spacial score (nSPS) is 14.7. The van der Waals surface area contributed by atoms with Crippen molar-refractivity contribution in [3.8, 4) is 17.2 Å². The summed E-state index contributed by atoms with van der Waals surface area (Å²) in [5.74, 6) is 1.49. The molecular formula is C32H28Cl2N2O6S. The lowest BCUT2D eigenvalue weighted by Crippen LogP contribution is -2.40. The van der Waals surface area contributed by atoms with E-state index < -0.39 is 12.0 Å². The molecule has 0 saturated heterocycles. The SMILES string of the molecule is CCOC(=O)C1=C(C)N=c2s/c(=C\c3ccc(OCc4cc(OC)ccc4OC)cc3)c(=O)n2[C@H]1c1cccc(Cl)c1Cl. The smallest absolute Gasteiger partial charge is 0.338 e. The number of halogens is 2. The van der Waals surface area contributed by atoms with Crippen LogP contribution in [-0.2, 0) is 16.1 Å². The molecule has 0 spiro atoms. The maximum atomic E-state index is 13.9. The molecule has 11 heteroatoms. The number of hydrogen-bond donors (Lipinski definition) is 0. The minimum absolute atomic E-state index is 0.169. The molecule has 222 valence electrons. The van der Waals surface area contributed by atoms with Gasteiger partial charge in [-0.25, -0.2) is 9.79 Å². The highest BCUT2D eigenvalue weighted by Gasteiger charge is 2.34. The molecule has 1 atom stereocenters. The molecule has 0 radical (unpaired) electrons. The highest BCUT2D eigenvalue weighted by atomic mass is 35.5. The zero-order chi connectivity index (χ0) is 30.7. The number of allylic oxidation sites excluding steroid dienone is 1. The molecule has 0 saturated carbocycles. The predicted molar refractivity (Wildman–Crippen MR) is 167 cm³/mol. The number of benzene rings is 3. The van der Waals surface area contributed by atoms with Crippen LogP contribution in [0.15, 0.2) is 81.7 Å². The first kappa shape index (κ1) is 30.4. The van der Waals surface area contributed by atoms with Gasteiger partial charge >= 0.3 is 5.97 Å². The van der Waals surface area contributed by atoms with Crippen molar-refractivity contribution in [2.45, 2.75) is 26.5 Å². The fourth-order valence-electron chi connectivity index (χ4n) is 4.78. The zero-order valence-electron chi connectivity index (χ0n) is 23.9. The maximum absolute atomic E-state index is 13.9. The summed E-state index contributed by atoms with van der Waals surface area (Å²) in [4.78, 5) is 32.0. The fourth-order valence-corrected chi connectivity index (χ4v) is 6.24. The van der Waals surface area contributed by atoms with Crippen LogP contribution in [0.2, 0.25) is 10.0 Å². The fraction of sp³-hybridized carbons (Fsp3) is 0.219. The molecule has 0 fully saturated rings. The average molecular weight is 640 g/mol. The van der Waals surface area contributed by atoms with Crippen molar-refractivity contribution in [2.75, 3.05) is 20.8 Å². The number of carbonyl (C=O) groups excluding carboxylic acids is 1. The van der Waals surface area contributed by atoms with Gasteiger partial charge in [-0.15, -0.1) is 0 Å². The van der Waals surface area contributed by atoms with Crippen LogP contribution in [0, 0.1) is 0 Å². The lowest BCUT2D eigenvalue weighted by atomic mass is 9.96. The first-order valence-electron chi connectivity index (χ1n) is 13.3. The van der Waals surface area contributed by atoms with Crippen molar-refractivity contribution >= 4 is 46.6 Å². The Morgan fingerprint density at radius 2 is 1.79 bits per heavy atom. The largest absolute Gasteiger partial charge is 0.497 e. The third kappa shape index (κ3) is 6.20. The number of carbonyl (C=O) groups is 1. The molecule has 1 aromatic heterocycles. The highest BCUT2D eigenvalue weighted by molar-refractivity contribution is 7.07. The third-order valence-corrected chi connectivity index (χ3v) is 8.67. The Bertz CT molecular complexity index is 1900. The molecule has 0 bridgehead atoms. The van der Waals surface area contributed by atoms with Gasteiger partial charge in [-0.3, -0.25) is 9.36 Å². The van der Waals surface area contributed by atoms with Crippen molar-refractivity contribution < 1.29 is 23.7 Å². The van der Waals surface area contributed by atoms with Crippen LogP contribution in [0.5, 0.6) is 17.2 Å². The van der Waals surface area contributed by atoms with Crippen LogP contribution in [0.4, 0.5) is 0 Å². The average Bonchev–Trinajstić information content (AvgIpc) is 3.31. The summed E-state index contributed by atoms with van der Waals surface area (Å²) in [5.41, 5.74) is 2.51. The first-order chi connectivity index (χ1) is 20.7. The summed E-state index contributed by atoms with van der Waals surface area (Å²) in [6.07, 6.45) is 1.78. The Labute approximate surface area is 262 Å². The number of aromatic nitrogens is 1. The second-order valence-corrected chi connectivity index (χ2v) is 11.3. The van der Waals surface area contributed by atoms with E-state index in [9.17, 15) is 9.59 Å². The van der Waals surface area contributed by atoms with Gasteiger partial charge in [0, 0.05) is 11.1 Å². The minimum atomic E-state index is -0.854. The van der Waals surface area contributed by atoms with Crippen LogP contribution in [0.25, 0.3) is 6.08 Å². The van der Waals surface area contributed by atoms with E-state index in [1.807, 2.05) is 42.5 Å². The molecule has 0 unspecified atom stereocenters. The van der Waals surface area contributed by atoms with E-state index in [0.717, 1.165) is 11.1 Å². The topological polar surface area (TPSA) is 88.4 Å². The van der Waals surface area contributed by atoms with E-state index in [-0.39, 0.29) is 29.4 Å². The number of esters is 1. The molecule has 0 amide bonds. The molecule has 4 aromatic rings. The zero-order valence-corrected chi connectivity index (χ0v) is 26.2. The quantitative estimate of drug-likeness (QED) is 0.219. The van der Waals surface area contributed by atoms with E-state index in [1.165, 1.54) is 15.9 Å². The van der Waals surface area contributed by atoms with Crippen LogP contribution in [-0.4, -0.2) is 31.4 Å². The lowest BCUT2D eigenvalue weighted by Gasteiger charge is -2.25. The van der Waals surface area contributed by atoms with E-state index in [4.69, 9.17) is 42.1 Å². The Hall–Kier alpha value is -4.05. The summed E-state index contributed by atoms with van der Waals surface area (Å²) in [6.45, 7) is 3.89. The number of fused-ring (bicyclic) bond motifs is 1. The molecule has 5 rings (SSSR count). The van der Waals surface area contributed by atoms with Gasteiger partial charge in [-0.1, -0.05) is 58.8 Å². The second-order valence-electron chi connectivity index (χ2n) is 9.48. The van der Waals surface area contributed by atoms with Crippen molar-refractivity contribution in [2.24, 2.45) is 4.99 Å². The van der Waals surface area contributed by atoms with Crippen LogP contribution in [0.3, 0.4) is 0 Å². The van der Waals surface area contributed by atoms with Gasteiger partial charge < -0.3 is 18.9 Å². The standard InChI is InChI=1S/C32H28Cl2N2O6S/c1-5-41-31(38)27-18(2)35-32-36(29(27)23-7-6-8-24(33)28(23)34)30(37)26(43-32)15-19-9-11-21(12-10-19)42-17-20-16-22(39-3)13-14-25(20)40-4/h6-16,29H,5,17H2,1-4H3/b26-15-/t29-/m0/s1. The van der Waals surface area contributed by atoms with Gasteiger partial charge in [0.05, 0.1) is 46.7 Å². The van der Waals surface area contributed by atoms with Crippen molar-refractivity contribution in [1.82, 2.24) is 4.57 Å². The second kappa shape index (κ2) is 13.1. The summed E-state index contributed by atoms with van der Waals surface area (Å²) < 4.78 is 24.0. The van der Waals surface area contributed by atoms with Crippen LogP contribution < -0.4 is 29.1 Å². The predicted octanol–water partition coefficient (Wildman–Crippen LogP) is 5.70. The van der Waals surface area contributed by atoms with Crippen molar-refractivity contribution in [1.29, 1.82) is 0 Å². The van der Waals surface area contributed by atoms with E-state index in [1.54, 1.807) is 52.3 Å². The van der Waals surface area contributed by atoms with Gasteiger partial charge in [0.2, 0.25) is 0 Å². The van der Waals surface area contributed by atoms with E-state index >= 15 is 0 Å². The maximum Gasteiger partial charge on any atom is 0.338 e. The van der Waals surface area contributed by atoms with Gasteiger partial charge in [-0.05, 0) is 61.9 Å². The molecule has 3 aromatic carbocycles. The number of ether oxygens (including phenoxy) is 4. The monoisotopic (exact) mass is 638 g/mol. The number of rotatable bonds is 9. The van der Waals surface area contributed by atoms with Gasteiger partial charge in [0.1, 0.15) is 29.9 Å². The first-order valence-corrected chi connectivity index (χ1v) is 14.9. The summed E-state index contributed by atoms with van der Waals surface area (Å²) >= 11 is 14.2. The highest BCUT2D eigenvalue weighted by Crippen LogP contribution is 2.37. The van der Waals surface area contributed by atoms with Gasteiger partial charge in [0.15, 0.2) is 4.80 Å². The van der Waals surface area contributed by atoms with E-state index in [0.29, 0.717) is 42.9 Å². The third-order valence-electron chi connectivity index (χ3n) is 6.85. The molecule has 1 aliphatic heterocycles. The molecule has 1 aliphatic rings. The van der Waals surface area contributed by atoms with Gasteiger partial charge in [-0.2, -0.15) is 0 Å². The molecule has 0 aliphatic carbocycles. The summed E-state index contributed by atoms with van der Waals surface area (Å²) in [6, 6.07) is 17.2. The number of nitrogens with zero attached hydrogens (tertiary/aromatic N) is 2. The van der Waals surface area contributed by atoms with E-state index in [2.05, 4.69) is 4.99 Å². The molecule has 43 heavy (non-hydrogen) atoms. The minimum Gasteiger partial charge on any atom is -0.497 e. The molecule has 2 heterocycles. The molecule has 8 nitrogen and oxygen atoms in total. The molecular weight excluding hydrogens is 611 g/mol. The van der Waals surface area contributed by atoms with Crippen LogP contribution >= 0.6 is 34.5 Å². The summed E-state index contributed by atoms with van der Waals surface area (Å²) in [5, 5.41) is 0.564. The Morgan fingerprint density at radius 3 is 2.49 bits per heavy atom. The number of hydrogen-bond acceptors (Lipinski definition) is 8. The van der Waals surface area contributed by atoms with Crippen molar-refractivity contribution in [3.05, 3.63) is 118 Å². The van der Waals surface area contributed by atoms with Gasteiger partial charge in [0.25, 0.3) is 5.56 Å². The Balaban J connectivity index is 1.49. The molecule has 0 N–H and O–H groups in total. The van der Waals surface area contributed by atoms with Crippen LogP contribution in [0.1, 0.15) is 36.6 Å².